The second kappa shape index (κ2) is 7.37. The molecule has 0 radical (unpaired) electrons. The Balaban J connectivity index is 1.90. The standard InChI is InChI=1S/C18H28N6O/c1-5-22(6-2)18(25)14-8-7-9-23(11-14)16-10-15(13(3)4)21-24-12-19-20-17(16)24/h10,12-14H,5-9,11H2,1-4H3. The molecule has 0 saturated carbocycles. The van der Waals surface area contributed by atoms with Crippen molar-refractivity contribution < 1.29 is 4.79 Å². The molecule has 0 aliphatic carbocycles. The van der Waals surface area contributed by atoms with E-state index < -0.39 is 0 Å². The minimum Gasteiger partial charge on any atom is -0.368 e. The highest BCUT2D eigenvalue weighted by atomic mass is 16.2. The van der Waals surface area contributed by atoms with Crippen LogP contribution in [0.15, 0.2) is 12.4 Å². The zero-order chi connectivity index (χ0) is 18.0. The zero-order valence-electron chi connectivity index (χ0n) is 15.6. The lowest BCUT2D eigenvalue weighted by Crippen LogP contribution is -2.45. The molecule has 0 N–H and O–H groups in total. The molecular weight excluding hydrogens is 316 g/mol. The predicted molar refractivity (Wildman–Crippen MR) is 97.7 cm³/mol. The second-order valence-corrected chi connectivity index (χ2v) is 7.00. The molecular formula is C18H28N6O. The molecule has 2 aromatic rings. The van der Waals surface area contributed by atoms with Crippen LogP contribution >= 0.6 is 0 Å². The van der Waals surface area contributed by atoms with Crippen molar-refractivity contribution >= 4 is 17.2 Å². The Morgan fingerprint density at radius 3 is 2.80 bits per heavy atom. The lowest BCUT2D eigenvalue weighted by Gasteiger charge is -2.36. The summed E-state index contributed by atoms with van der Waals surface area (Å²) >= 11 is 0. The Bertz CT molecular complexity index is 736. The van der Waals surface area contributed by atoms with Crippen molar-refractivity contribution in [3.8, 4) is 0 Å². The molecule has 1 aliphatic rings. The number of anilines is 1. The molecule has 3 heterocycles. The summed E-state index contributed by atoms with van der Waals surface area (Å²) < 4.78 is 1.75. The van der Waals surface area contributed by atoms with Gasteiger partial charge in [-0.05, 0) is 38.7 Å². The van der Waals surface area contributed by atoms with Crippen molar-refractivity contribution in [2.45, 2.75) is 46.5 Å². The third-order valence-corrected chi connectivity index (χ3v) is 5.05. The molecule has 3 rings (SSSR count). The van der Waals surface area contributed by atoms with E-state index in [4.69, 9.17) is 0 Å². The first kappa shape index (κ1) is 17.6. The molecule has 25 heavy (non-hydrogen) atoms. The number of nitrogens with zero attached hydrogens (tertiary/aromatic N) is 6. The van der Waals surface area contributed by atoms with Crippen LogP contribution in [0.3, 0.4) is 0 Å². The number of amides is 1. The van der Waals surface area contributed by atoms with Crippen LogP contribution in [0, 0.1) is 5.92 Å². The highest BCUT2D eigenvalue weighted by Crippen LogP contribution is 2.29. The van der Waals surface area contributed by atoms with E-state index in [9.17, 15) is 4.79 Å². The van der Waals surface area contributed by atoms with Crippen LogP contribution < -0.4 is 4.90 Å². The summed E-state index contributed by atoms with van der Waals surface area (Å²) in [6.07, 6.45) is 3.61. The molecule has 0 aromatic carbocycles. The fourth-order valence-electron chi connectivity index (χ4n) is 3.54. The van der Waals surface area contributed by atoms with E-state index >= 15 is 0 Å². The average Bonchev–Trinajstić information content (AvgIpc) is 3.10. The van der Waals surface area contributed by atoms with E-state index in [-0.39, 0.29) is 11.8 Å². The van der Waals surface area contributed by atoms with Crippen molar-refractivity contribution in [2.75, 3.05) is 31.1 Å². The summed E-state index contributed by atoms with van der Waals surface area (Å²) in [5, 5.41) is 12.8. The zero-order valence-corrected chi connectivity index (χ0v) is 15.6. The highest BCUT2D eigenvalue weighted by Gasteiger charge is 2.30. The van der Waals surface area contributed by atoms with Gasteiger partial charge in [0.2, 0.25) is 11.6 Å². The van der Waals surface area contributed by atoms with Crippen LogP contribution in [0.1, 0.15) is 52.1 Å². The van der Waals surface area contributed by atoms with E-state index in [0.717, 1.165) is 56.0 Å². The summed E-state index contributed by atoms with van der Waals surface area (Å²) in [7, 11) is 0. The molecule has 0 bridgehead atoms. The van der Waals surface area contributed by atoms with Crippen molar-refractivity contribution in [1.29, 1.82) is 0 Å². The van der Waals surface area contributed by atoms with Gasteiger partial charge in [-0.3, -0.25) is 4.79 Å². The van der Waals surface area contributed by atoms with Crippen molar-refractivity contribution in [1.82, 2.24) is 24.7 Å². The first-order valence-electron chi connectivity index (χ1n) is 9.29. The summed E-state index contributed by atoms with van der Waals surface area (Å²) in [4.78, 5) is 17.0. The van der Waals surface area contributed by atoms with Gasteiger partial charge in [0.05, 0.1) is 17.3 Å². The van der Waals surface area contributed by atoms with Crippen LogP contribution in [0.25, 0.3) is 5.65 Å². The summed E-state index contributed by atoms with van der Waals surface area (Å²) in [5.41, 5.74) is 2.81. The number of carbonyl (C=O) groups excluding carboxylic acids is 1. The van der Waals surface area contributed by atoms with Crippen LogP contribution in [0.5, 0.6) is 0 Å². The Morgan fingerprint density at radius 1 is 1.36 bits per heavy atom. The van der Waals surface area contributed by atoms with Crippen LogP contribution in [-0.2, 0) is 4.79 Å². The van der Waals surface area contributed by atoms with Crippen LogP contribution in [0.2, 0.25) is 0 Å². The molecule has 7 heteroatoms. The average molecular weight is 344 g/mol. The maximum absolute atomic E-state index is 12.8. The number of carbonyl (C=O) groups is 1. The first-order chi connectivity index (χ1) is 12.0. The van der Waals surface area contributed by atoms with Gasteiger partial charge in [0.15, 0.2) is 0 Å². The molecule has 1 atom stereocenters. The van der Waals surface area contributed by atoms with Gasteiger partial charge in [-0.2, -0.15) is 9.61 Å². The Hall–Kier alpha value is -2.18. The van der Waals surface area contributed by atoms with Gasteiger partial charge in [0.1, 0.15) is 6.33 Å². The fraction of sp³-hybridized carbons (Fsp3) is 0.667. The molecule has 1 aliphatic heterocycles. The van der Waals surface area contributed by atoms with Gasteiger partial charge in [-0.1, -0.05) is 13.8 Å². The summed E-state index contributed by atoms with van der Waals surface area (Å²) in [6, 6.07) is 2.11. The maximum Gasteiger partial charge on any atom is 0.227 e. The molecule has 0 spiro atoms. The monoisotopic (exact) mass is 344 g/mol. The summed E-state index contributed by atoms with van der Waals surface area (Å²) in [5.74, 6) is 0.640. The minimum atomic E-state index is 0.0484. The second-order valence-electron chi connectivity index (χ2n) is 7.00. The smallest absolute Gasteiger partial charge is 0.227 e. The fourth-order valence-corrected chi connectivity index (χ4v) is 3.54. The predicted octanol–water partition coefficient (Wildman–Crippen LogP) is 2.33. The Kier molecular flexibility index (Phi) is 5.20. The lowest BCUT2D eigenvalue weighted by atomic mass is 9.96. The maximum atomic E-state index is 12.8. The van der Waals surface area contributed by atoms with E-state index in [1.54, 1.807) is 10.8 Å². The van der Waals surface area contributed by atoms with Gasteiger partial charge < -0.3 is 9.80 Å². The van der Waals surface area contributed by atoms with E-state index in [1.807, 2.05) is 18.7 Å². The third kappa shape index (κ3) is 3.45. The van der Waals surface area contributed by atoms with Crippen molar-refractivity contribution in [3.05, 3.63) is 18.1 Å². The van der Waals surface area contributed by atoms with Gasteiger partial charge in [-0.25, -0.2) is 0 Å². The van der Waals surface area contributed by atoms with Gasteiger partial charge >= 0.3 is 0 Å². The van der Waals surface area contributed by atoms with Gasteiger partial charge in [-0.15, -0.1) is 10.2 Å². The summed E-state index contributed by atoms with van der Waals surface area (Å²) in [6.45, 7) is 11.6. The highest BCUT2D eigenvalue weighted by molar-refractivity contribution is 5.80. The molecule has 1 amide bonds. The van der Waals surface area contributed by atoms with Gasteiger partial charge in [0, 0.05) is 26.2 Å². The minimum absolute atomic E-state index is 0.0484. The topological polar surface area (TPSA) is 66.6 Å². The molecule has 2 aromatic heterocycles. The largest absolute Gasteiger partial charge is 0.368 e. The van der Waals surface area contributed by atoms with E-state index in [1.165, 1.54) is 0 Å². The third-order valence-electron chi connectivity index (χ3n) is 5.05. The molecule has 136 valence electrons. The number of piperidine rings is 1. The number of fused-ring (bicyclic) bond motifs is 1. The van der Waals surface area contributed by atoms with Crippen LogP contribution in [-0.4, -0.2) is 56.8 Å². The number of rotatable bonds is 5. The molecule has 1 fully saturated rings. The lowest BCUT2D eigenvalue weighted by molar-refractivity contribution is -0.135. The van der Waals surface area contributed by atoms with Crippen molar-refractivity contribution in [2.24, 2.45) is 5.92 Å². The normalized spacial score (nSPS) is 18.1. The van der Waals surface area contributed by atoms with Crippen LogP contribution in [0.4, 0.5) is 5.69 Å². The SMILES string of the molecule is CCN(CC)C(=O)C1CCCN(c2cc(C(C)C)nn3cnnc23)C1. The number of hydrogen-bond acceptors (Lipinski definition) is 5. The van der Waals surface area contributed by atoms with Crippen molar-refractivity contribution in [3.63, 3.8) is 0 Å². The first-order valence-corrected chi connectivity index (χ1v) is 9.29. The van der Waals surface area contributed by atoms with Gasteiger partial charge in [0.25, 0.3) is 0 Å². The number of aromatic nitrogens is 4. The Labute approximate surface area is 149 Å². The molecule has 1 unspecified atom stereocenters. The number of hydrogen-bond donors (Lipinski definition) is 0. The molecule has 7 nitrogen and oxygen atoms in total. The Morgan fingerprint density at radius 2 is 2.12 bits per heavy atom. The quantitative estimate of drug-likeness (QED) is 0.833. The van der Waals surface area contributed by atoms with E-state index in [0.29, 0.717) is 5.92 Å². The molecule has 1 saturated heterocycles. The van der Waals surface area contributed by atoms with E-state index in [2.05, 4.69) is 40.1 Å².